The highest BCUT2D eigenvalue weighted by molar-refractivity contribution is 5.12. The number of halogens is 2. The second kappa shape index (κ2) is 8.09. The summed E-state index contributed by atoms with van der Waals surface area (Å²) >= 11 is 0. The average Bonchev–Trinajstić information content (AvgIpc) is 2.56. The molecule has 0 N–H and O–H groups in total. The molecule has 1 atom stereocenters. The van der Waals surface area contributed by atoms with Gasteiger partial charge in [0.15, 0.2) is 0 Å². The van der Waals surface area contributed by atoms with Crippen molar-refractivity contribution in [2.45, 2.75) is 90.3 Å². The molecule has 1 nitrogen and oxygen atoms in total. The molecule has 0 aromatic heterocycles. The molecule has 0 amide bonds. The second-order valence-corrected chi connectivity index (χ2v) is 8.20. The van der Waals surface area contributed by atoms with Gasteiger partial charge >= 0.3 is 6.61 Å². The molecule has 2 saturated carbocycles. The van der Waals surface area contributed by atoms with Crippen molar-refractivity contribution in [2.24, 2.45) is 23.7 Å². The number of alkyl halides is 2. The Balaban J connectivity index is 1.44. The number of rotatable bonds is 4. The number of hydrogen-bond acceptors (Lipinski definition) is 1. The zero-order chi connectivity index (χ0) is 16.2. The van der Waals surface area contributed by atoms with Gasteiger partial charge in [-0.1, -0.05) is 31.4 Å². The first-order chi connectivity index (χ1) is 11.1. The molecule has 0 radical (unpaired) electrons. The van der Waals surface area contributed by atoms with Gasteiger partial charge in [-0.15, -0.1) is 0 Å². The first kappa shape index (κ1) is 17.4. The van der Waals surface area contributed by atoms with E-state index in [1.165, 1.54) is 44.9 Å². The standard InChI is InChI=1S/C20H32F2O/c1-14-2-4-15(5-3-14)16-6-8-17(9-7-16)18-10-12-19(13-11-18)23-20(21)22/h8,14-16,18-20H,2-7,9-13H2,1H3/t14?,15?,16-,18?,19?/m0/s1. The van der Waals surface area contributed by atoms with Gasteiger partial charge in [0.05, 0.1) is 6.10 Å². The van der Waals surface area contributed by atoms with Crippen molar-refractivity contribution >= 4 is 0 Å². The molecule has 0 spiro atoms. The minimum Gasteiger partial charge on any atom is -0.320 e. The largest absolute Gasteiger partial charge is 0.345 e. The Bertz CT molecular complexity index is 390. The summed E-state index contributed by atoms with van der Waals surface area (Å²) in [6, 6.07) is 0. The molecule has 23 heavy (non-hydrogen) atoms. The lowest BCUT2D eigenvalue weighted by molar-refractivity contribution is -0.170. The van der Waals surface area contributed by atoms with E-state index < -0.39 is 6.61 Å². The molecule has 0 aromatic carbocycles. The molecule has 0 unspecified atom stereocenters. The van der Waals surface area contributed by atoms with E-state index in [0.717, 1.165) is 43.4 Å². The van der Waals surface area contributed by atoms with E-state index in [1.54, 1.807) is 5.57 Å². The predicted octanol–water partition coefficient (Wildman–Crippen LogP) is 6.34. The topological polar surface area (TPSA) is 9.23 Å². The van der Waals surface area contributed by atoms with Crippen LogP contribution in [0.4, 0.5) is 8.78 Å². The highest BCUT2D eigenvalue weighted by atomic mass is 19.3. The molecule has 0 bridgehead atoms. The smallest absolute Gasteiger partial charge is 0.320 e. The lowest BCUT2D eigenvalue weighted by Crippen LogP contribution is -2.26. The van der Waals surface area contributed by atoms with Gasteiger partial charge < -0.3 is 4.74 Å². The molecule has 0 saturated heterocycles. The SMILES string of the molecule is CC1CCC([C@H]2CC=C(C3CCC(OC(F)F)CC3)CC2)CC1. The summed E-state index contributed by atoms with van der Waals surface area (Å²) in [6.07, 6.45) is 15.6. The quantitative estimate of drug-likeness (QED) is 0.548. The Morgan fingerprint density at radius 2 is 1.61 bits per heavy atom. The van der Waals surface area contributed by atoms with E-state index in [0.29, 0.717) is 5.92 Å². The van der Waals surface area contributed by atoms with E-state index in [2.05, 4.69) is 17.7 Å². The van der Waals surface area contributed by atoms with Gasteiger partial charge in [-0.2, -0.15) is 8.78 Å². The fourth-order valence-electron chi connectivity index (χ4n) is 5.15. The first-order valence-electron chi connectivity index (χ1n) is 9.74. The summed E-state index contributed by atoms with van der Waals surface area (Å²) in [5.74, 6) is 3.44. The Kier molecular flexibility index (Phi) is 6.12. The van der Waals surface area contributed by atoms with Crippen molar-refractivity contribution in [3.8, 4) is 0 Å². The Labute approximate surface area is 139 Å². The van der Waals surface area contributed by atoms with Crippen molar-refractivity contribution in [3.05, 3.63) is 11.6 Å². The summed E-state index contributed by atoms with van der Waals surface area (Å²) in [6.45, 7) is -0.215. The van der Waals surface area contributed by atoms with E-state index in [1.807, 2.05) is 0 Å². The average molecular weight is 326 g/mol. The Hall–Kier alpha value is -0.440. The van der Waals surface area contributed by atoms with Crippen molar-refractivity contribution in [2.75, 3.05) is 0 Å². The van der Waals surface area contributed by atoms with Gasteiger partial charge in [0, 0.05) is 0 Å². The predicted molar refractivity (Wildman–Crippen MR) is 89.4 cm³/mol. The fraction of sp³-hybridized carbons (Fsp3) is 0.900. The van der Waals surface area contributed by atoms with Crippen LogP contribution < -0.4 is 0 Å². The molecule has 3 rings (SSSR count). The van der Waals surface area contributed by atoms with E-state index in [-0.39, 0.29) is 6.10 Å². The molecule has 3 aliphatic carbocycles. The molecule has 132 valence electrons. The van der Waals surface area contributed by atoms with Gasteiger partial charge in [0.2, 0.25) is 0 Å². The van der Waals surface area contributed by atoms with Crippen LogP contribution in [0.3, 0.4) is 0 Å². The zero-order valence-electron chi connectivity index (χ0n) is 14.5. The minimum atomic E-state index is -2.61. The van der Waals surface area contributed by atoms with Gasteiger partial charge in [0.25, 0.3) is 0 Å². The Morgan fingerprint density at radius 1 is 0.913 bits per heavy atom. The van der Waals surface area contributed by atoms with Crippen LogP contribution >= 0.6 is 0 Å². The molecule has 0 heterocycles. The maximum Gasteiger partial charge on any atom is 0.345 e. The van der Waals surface area contributed by atoms with Crippen LogP contribution in [0.25, 0.3) is 0 Å². The molecule has 0 aromatic rings. The van der Waals surface area contributed by atoms with Crippen LogP contribution in [0.1, 0.15) is 77.6 Å². The number of hydrogen-bond donors (Lipinski definition) is 0. The third-order valence-electron chi connectivity index (χ3n) is 6.71. The van der Waals surface area contributed by atoms with E-state index in [9.17, 15) is 8.78 Å². The van der Waals surface area contributed by atoms with E-state index >= 15 is 0 Å². The molecule has 3 aliphatic rings. The van der Waals surface area contributed by atoms with Gasteiger partial charge in [0.1, 0.15) is 0 Å². The molecule has 0 aliphatic heterocycles. The summed E-state index contributed by atoms with van der Waals surface area (Å²) in [5, 5.41) is 0. The highest BCUT2D eigenvalue weighted by Crippen LogP contribution is 2.42. The normalized spacial score (nSPS) is 39.3. The van der Waals surface area contributed by atoms with Crippen LogP contribution in [0.2, 0.25) is 0 Å². The summed E-state index contributed by atoms with van der Waals surface area (Å²) in [5.41, 5.74) is 1.63. The highest BCUT2D eigenvalue weighted by Gasteiger charge is 2.31. The van der Waals surface area contributed by atoms with Gasteiger partial charge in [-0.25, -0.2) is 0 Å². The summed E-state index contributed by atoms with van der Waals surface area (Å²) in [7, 11) is 0. The summed E-state index contributed by atoms with van der Waals surface area (Å²) < 4.78 is 29.2. The maximum atomic E-state index is 12.3. The third kappa shape index (κ3) is 4.78. The number of ether oxygens (including phenoxy) is 1. The van der Waals surface area contributed by atoms with Crippen LogP contribution in [-0.4, -0.2) is 12.7 Å². The fourth-order valence-corrected chi connectivity index (χ4v) is 5.15. The molecule has 2 fully saturated rings. The number of allylic oxidation sites excluding steroid dienone is 2. The van der Waals surface area contributed by atoms with Gasteiger partial charge in [-0.05, 0) is 81.5 Å². The van der Waals surface area contributed by atoms with Crippen LogP contribution in [0, 0.1) is 23.7 Å². The van der Waals surface area contributed by atoms with E-state index in [4.69, 9.17) is 0 Å². The van der Waals surface area contributed by atoms with Gasteiger partial charge in [-0.3, -0.25) is 0 Å². The maximum absolute atomic E-state index is 12.3. The second-order valence-electron chi connectivity index (χ2n) is 8.20. The van der Waals surface area contributed by atoms with Crippen molar-refractivity contribution in [1.82, 2.24) is 0 Å². The molecule has 3 heteroatoms. The van der Waals surface area contributed by atoms with Crippen molar-refractivity contribution in [3.63, 3.8) is 0 Å². The van der Waals surface area contributed by atoms with Crippen LogP contribution in [0.5, 0.6) is 0 Å². The van der Waals surface area contributed by atoms with Crippen LogP contribution in [-0.2, 0) is 4.74 Å². The first-order valence-corrected chi connectivity index (χ1v) is 9.74. The van der Waals surface area contributed by atoms with Crippen molar-refractivity contribution < 1.29 is 13.5 Å². The summed E-state index contributed by atoms with van der Waals surface area (Å²) in [4.78, 5) is 0. The Morgan fingerprint density at radius 3 is 2.17 bits per heavy atom. The minimum absolute atomic E-state index is 0.215. The third-order valence-corrected chi connectivity index (χ3v) is 6.71. The zero-order valence-corrected chi connectivity index (χ0v) is 14.5. The van der Waals surface area contributed by atoms with Crippen molar-refractivity contribution in [1.29, 1.82) is 0 Å². The molecular weight excluding hydrogens is 294 g/mol. The lowest BCUT2D eigenvalue weighted by Gasteiger charge is -2.37. The van der Waals surface area contributed by atoms with Crippen LogP contribution in [0.15, 0.2) is 11.6 Å². The molecular formula is C20H32F2O. The monoisotopic (exact) mass is 326 g/mol. The lowest BCUT2D eigenvalue weighted by atomic mass is 9.69.